The Morgan fingerprint density at radius 1 is 1.09 bits per heavy atom. The van der Waals surface area contributed by atoms with Crippen molar-refractivity contribution in [2.45, 2.75) is 45.3 Å². The fourth-order valence-electron chi connectivity index (χ4n) is 5.80. The molecule has 1 aliphatic carbocycles. The summed E-state index contributed by atoms with van der Waals surface area (Å²) in [5.74, 6) is 0.523. The number of amides is 1. The van der Waals surface area contributed by atoms with Gasteiger partial charge in [0.2, 0.25) is 0 Å². The third-order valence-corrected chi connectivity index (χ3v) is 7.69. The first-order valence-electron chi connectivity index (χ1n) is 11.9. The van der Waals surface area contributed by atoms with Crippen LogP contribution in [0.1, 0.15) is 43.9 Å². The van der Waals surface area contributed by atoms with Gasteiger partial charge in [-0.15, -0.1) is 0 Å². The summed E-state index contributed by atoms with van der Waals surface area (Å²) in [6, 6.07) is 15.3. The number of hydrogen-bond acceptors (Lipinski definition) is 4. The summed E-state index contributed by atoms with van der Waals surface area (Å²) in [4.78, 5) is 17.4. The number of carbonyl (C=O) groups is 1. The maximum Gasteiger partial charge on any atom is 0.407 e. The van der Waals surface area contributed by atoms with E-state index in [1.54, 1.807) is 0 Å². The summed E-state index contributed by atoms with van der Waals surface area (Å²) in [7, 11) is 4.13. The first-order chi connectivity index (χ1) is 15.3. The van der Waals surface area contributed by atoms with Gasteiger partial charge in [-0.05, 0) is 78.1 Å². The molecule has 3 heterocycles. The molecule has 170 valence electrons. The number of benzene rings is 2. The van der Waals surface area contributed by atoms with Gasteiger partial charge in [0.1, 0.15) is 6.10 Å². The number of fused-ring (bicyclic) bond motifs is 4. The Morgan fingerprint density at radius 2 is 1.84 bits per heavy atom. The Kier molecular flexibility index (Phi) is 5.40. The van der Waals surface area contributed by atoms with E-state index in [1.807, 2.05) is 0 Å². The highest BCUT2D eigenvalue weighted by Gasteiger charge is 2.42. The van der Waals surface area contributed by atoms with Crippen LogP contribution in [0.15, 0.2) is 42.5 Å². The van der Waals surface area contributed by atoms with E-state index in [1.165, 1.54) is 27.9 Å². The lowest BCUT2D eigenvalue weighted by molar-refractivity contribution is -0.0348. The summed E-state index contributed by atoms with van der Waals surface area (Å²) in [5, 5.41) is 3.23. The number of carbonyl (C=O) groups excluding carboxylic acids is 1. The van der Waals surface area contributed by atoms with E-state index in [2.05, 4.69) is 85.5 Å². The molecule has 0 radical (unpaired) electrons. The van der Waals surface area contributed by atoms with Gasteiger partial charge in [-0.25, -0.2) is 4.79 Å². The fourth-order valence-corrected chi connectivity index (χ4v) is 5.80. The van der Waals surface area contributed by atoms with E-state index in [9.17, 15) is 4.79 Å². The normalized spacial score (nSPS) is 27.6. The highest BCUT2D eigenvalue weighted by atomic mass is 16.6. The standard InChI is InChI=1S/C27H35N3O2/c1-27(2)16-21-14-20(19-6-5-7-22(15-19)29(3)4)8-9-23(21)25(27)28-26(31)32-24-17-30-12-10-18(24)11-13-30/h5-9,14-15,18,24-25H,10-13,16-17H2,1-4H3,(H,28,31)/t24-,25?/m1/s1. The molecule has 32 heavy (non-hydrogen) atoms. The smallest absolute Gasteiger partial charge is 0.407 e. The van der Waals surface area contributed by atoms with Crippen molar-refractivity contribution in [3.63, 3.8) is 0 Å². The summed E-state index contributed by atoms with van der Waals surface area (Å²) >= 11 is 0. The van der Waals surface area contributed by atoms with Gasteiger partial charge in [0.05, 0.1) is 6.04 Å². The van der Waals surface area contributed by atoms with Gasteiger partial charge < -0.3 is 15.0 Å². The zero-order valence-electron chi connectivity index (χ0n) is 19.7. The van der Waals surface area contributed by atoms with Gasteiger partial charge in [-0.1, -0.05) is 44.2 Å². The Bertz CT molecular complexity index is 1010. The van der Waals surface area contributed by atoms with E-state index < -0.39 is 0 Å². The topological polar surface area (TPSA) is 44.8 Å². The van der Waals surface area contributed by atoms with Gasteiger partial charge in [0.25, 0.3) is 0 Å². The predicted octanol–water partition coefficient (Wildman–Crippen LogP) is 4.86. The number of nitrogens with one attached hydrogen (secondary N) is 1. The monoisotopic (exact) mass is 433 g/mol. The Balaban J connectivity index is 1.33. The van der Waals surface area contributed by atoms with Gasteiger partial charge in [0, 0.05) is 26.3 Å². The molecule has 1 N–H and O–H groups in total. The summed E-state index contributed by atoms with van der Waals surface area (Å²) in [5.41, 5.74) is 6.11. The molecule has 1 unspecified atom stereocenters. The van der Waals surface area contributed by atoms with Crippen molar-refractivity contribution >= 4 is 11.8 Å². The number of hydrogen-bond donors (Lipinski definition) is 1. The van der Waals surface area contributed by atoms with Gasteiger partial charge in [0.15, 0.2) is 0 Å². The Morgan fingerprint density at radius 3 is 2.53 bits per heavy atom. The lowest BCUT2D eigenvalue weighted by atomic mass is 9.85. The highest BCUT2D eigenvalue weighted by Crippen LogP contribution is 2.46. The van der Waals surface area contributed by atoms with Gasteiger partial charge >= 0.3 is 6.09 Å². The molecule has 5 nitrogen and oxygen atoms in total. The summed E-state index contributed by atoms with van der Waals surface area (Å²) < 4.78 is 5.93. The number of nitrogens with zero attached hydrogens (tertiary/aromatic N) is 2. The Hall–Kier alpha value is -2.53. The Labute approximate surface area is 191 Å². The van der Waals surface area contributed by atoms with Crippen molar-refractivity contribution in [3.8, 4) is 11.1 Å². The number of piperidine rings is 3. The molecular weight excluding hydrogens is 398 g/mol. The molecule has 1 amide bonds. The van der Waals surface area contributed by atoms with Crippen molar-refractivity contribution in [3.05, 3.63) is 53.6 Å². The van der Waals surface area contributed by atoms with Crippen LogP contribution in [-0.4, -0.2) is 50.8 Å². The quantitative estimate of drug-likeness (QED) is 0.748. The zero-order chi connectivity index (χ0) is 22.5. The van der Waals surface area contributed by atoms with E-state index in [0.717, 1.165) is 38.9 Å². The number of anilines is 1. The van der Waals surface area contributed by atoms with Crippen LogP contribution in [0.2, 0.25) is 0 Å². The minimum Gasteiger partial charge on any atom is -0.445 e. The molecule has 2 atom stereocenters. The van der Waals surface area contributed by atoms with Crippen LogP contribution >= 0.6 is 0 Å². The second kappa shape index (κ2) is 8.11. The third kappa shape index (κ3) is 3.99. The predicted molar refractivity (Wildman–Crippen MR) is 129 cm³/mol. The van der Waals surface area contributed by atoms with E-state index in [-0.39, 0.29) is 23.7 Å². The van der Waals surface area contributed by atoms with Crippen molar-refractivity contribution in [1.82, 2.24) is 10.2 Å². The van der Waals surface area contributed by atoms with Crippen LogP contribution in [0.4, 0.5) is 10.5 Å². The number of alkyl carbamates (subject to hydrolysis) is 1. The van der Waals surface area contributed by atoms with E-state index in [4.69, 9.17) is 4.74 Å². The molecule has 6 rings (SSSR count). The van der Waals surface area contributed by atoms with E-state index in [0.29, 0.717) is 5.92 Å². The summed E-state index contributed by atoms with van der Waals surface area (Å²) in [6.45, 7) is 7.65. The summed E-state index contributed by atoms with van der Waals surface area (Å²) in [6.07, 6.45) is 3.00. The van der Waals surface area contributed by atoms with Crippen LogP contribution < -0.4 is 10.2 Å². The molecule has 3 aliphatic heterocycles. The van der Waals surface area contributed by atoms with Crippen molar-refractivity contribution < 1.29 is 9.53 Å². The molecule has 2 aromatic rings. The zero-order valence-corrected chi connectivity index (χ0v) is 19.7. The van der Waals surface area contributed by atoms with Crippen LogP contribution in [0.3, 0.4) is 0 Å². The van der Waals surface area contributed by atoms with Gasteiger partial charge in [-0.2, -0.15) is 0 Å². The molecule has 4 aliphatic rings. The SMILES string of the molecule is CN(C)c1cccc(-c2ccc3c(c2)CC(C)(C)C3NC(=O)O[C@@H]2CN3CCC2CC3)c1. The first-order valence-corrected chi connectivity index (χ1v) is 11.9. The lowest BCUT2D eigenvalue weighted by Gasteiger charge is -2.44. The molecular formula is C27H35N3O2. The second-order valence-corrected chi connectivity index (χ2v) is 10.7. The van der Waals surface area contributed by atoms with Gasteiger partial charge in [-0.3, -0.25) is 4.90 Å². The van der Waals surface area contributed by atoms with Crippen molar-refractivity contribution in [2.24, 2.45) is 11.3 Å². The second-order valence-electron chi connectivity index (χ2n) is 10.7. The number of rotatable bonds is 4. The lowest BCUT2D eigenvalue weighted by Crippen LogP contribution is -2.53. The van der Waals surface area contributed by atoms with Crippen molar-refractivity contribution in [1.29, 1.82) is 0 Å². The average Bonchev–Trinajstić information content (AvgIpc) is 3.03. The third-order valence-electron chi connectivity index (χ3n) is 7.69. The highest BCUT2D eigenvalue weighted by molar-refractivity contribution is 5.71. The minimum atomic E-state index is -0.266. The van der Waals surface area contributed by atoms with Crippen LogP contribution in [-0.2, 0) is 11.2 Å². The molecule has 2 aromatic carbocycles. The van der Waals surface area contributed by atoms with Crippen molar-refractivity contribution in [2.75, 3.05) is 38.6 Å². The first kappa shape index (κ1) is 21.3. The molecule has 0 spiro atoms. The molecule has 0 saturated carbocycles. The average molecular weight is 434 g/mol. The fraction of sp³-hybridized carbons (Fsp3) is 0.519. The molecule has 5 heteroatoms. The minimum absolute atomic E-state index is 0.0340. The number of ether oxygens (including phenoxy) is 1. The molecule has 3 saturated heterocycles. The maximum atomic E-state index is 12.9. The molecule has 3 fully saturated rings. The molecule has 0 aromatic heterocycles. The van der Waals surface area contributed by atoms with Crippen LogP contribution in [0.25, 0.3) is 11.1 Å². The molecule has 2 bridgehead atoms. The van der Waals surface area contributed by atoms with Crippen LogP contribution in [0, 0.1) is 11.3 Å². The van der Waals surface area contributed by atoms with Crippen LogP contribution in [0.5, 0.6) is 0 Å². The maximum absolute atomic E-state index is 12.9. The van der Waals surface area contributed by atoms with E-state index >= 15 is 0 Å². The largest absolute Gasteiger partial charge is 0.445 e.